The first-order valence-electron chi connectivity index (χ1n) is 5.24. The molecule has 0 amide bonds. The van der Waals surface area contributed by atoms with Crippen molar-refractivity contribution in [2.45, 2.75) is 34.1 Å². The van der Waals surface area contributed by atoms with Gasteiger partial charge in [-0.3, -0.25) is 0 Å². The van der Waals surface area contributed by atoms with Gasteiger partial charge >= 0.3 is 0 Å². The van der Waals surface area contributed by atoms with Crippen molar-refractivity contribution in [1.29, 1.82) is 0 Å². The first-order valence-corrected chi connectivity index (χ1v) is 5.24. The normalized spacial score (nSPS) is 14.5. The first-order chi connectivity index (χ1) is 6.04. The lowest BCUT2D eigenvalue weighted by molar-refractivity contribution is 0.179. The van der Waals surface area contributed by atoms with Crippen LogP contribution in [0.15, 0.2) is 0 Å². The van der Waals surface area contributed by atoms with E-state index in [4.69, 9.17) is 4.74 Å². The van der Waals surface area contributed by atoms with Crippen LogP contribution in [0.3, 0.4) is 0 Å². The minimum atomic E-state index is 0.391. The molecule has 0 aliphatic heterocycles. The van der Waals surface area contributed by atoms with Crippen molar-refractivity contribution in [3.05, 3.63) is 0 Å². The van der Waals surface area contributed by atoms with Gasteiger partial charge in [-0.15, -0.1) is 0 Å². The van der Waals surface area contributed by atoms with E-state index in [2.05, 4.69) is 33.0 Å². The smallest absolute Gasteiger partial charge is 0.0587 e. The predicted molar refractivity (Wildman–Crippen MR) is 58.0 cm³/mol. The van der Waals surface area contributed by atoms with Gasteiger partial charge in [-0.25, -0.2) is 0 Å². The van der Waals surface area contributed by atoms with Crippen LogP contribution in [0.25, 0.3) is 0 Å². The molecule has 0 bridgehead atoms. The van der Waals surface area contributed by atoms with Gasteiger partial charge in [0.25, 0.3) is 0 Å². The minimum Gasteiger partial charge on any atom is -0.383 e. The van der Waals surface area contributed by atoms with Gasteiger partial charge in [0.2, 0.25) is 0 Å². The Kier molecular flexibility index (Phi) is 6.35. The van der Waals surface area contributed by atoms with Crippen molar-refractivity contribution in [2.75, 3.05) is 26.8 Å². The third-order valence-corrected chi connectivity index (χ3v) is 3.01. The lowest BCUT2D eigenvalue weighted by Crippen LogP contribution is -2.35. The van der Waals surface area contributed by atoms with E-state index in [1.54, 1.807) is 7.11 Å². The maximum atomic E-state index is 4.98. The van der Waals surface area contributed by atoms with Gasteiger partial charge in [-0.2, -0.15) is 0 Å². The summed E-state index contributed by atoms with van der Waals surface area (Å²) < 4.78 is 4.98. The molecule has 1 atom stereocenters. The molecule has 13 heavy (non-hydrogen) atoms. The van der Waals surface area contributed by atoms with Crippen LogP contribution in [0.4, 0.5) is 0 Å². The Morgan fingerprint density at radius 1 is 1.38 bits per heavy atom. The number of nitrogens with one attached hydrogen (secondary N) is 1. The highest BCUT2D eigenvalue weighted by Crippen LogP contribution is 2.27. The summed E-state index contributed by atoms with van der Waals surface area (Å²) in [7, 11) is 1.74. The van der Waals surface area contributed by atoms with Gasteiger partial charge in [-0.05, 0) is 11.3 Å². The summed E-state index contributed by atoms with van der Waals surface area (Å²) in [5.74, 6) is 0.766. The van der Waals surface area contributed by atoms with Crippen molar-refractivity contribution in [2.24, 2.45) is 11.3 Å². The van der Waals surface area contributed by atoms with E-state index >= 15 is 0 Å². The van der Waals surface area contributed by atoms with Crippen molar-refractivity contribution >= 4 is 0 Å². The number of hydrogen-bond acceptors (Lipinski definition) is 2. The fraction of sp³-hybridized carbons (Fsp3) is 1.00. The minimum absolute atomic E-state index is 0.391. The molecular weight excluding hydrogens is 162 g/mol. The molecule has 0 radical (unpaired) electrons. The molecule has 0 aromatic rings. The van der Waals surface area contributed by atoms with Crippen molar-refractivity contribution < 1.29 is 4.74 Å². The summed E-state index contributed by atoms with van der Waals surface area (Å²) in [6.07, 6.45) is 1.25. The molecule has 0 aromatic heterocycles. The highest BCUT2D eigenvalue weighted by Gasteiger charge is 2.23. The van der Waals surface area contributed by atoms with Gasteiger partial charge in [0.1, 0.15) is 0 Å². The molecule has 0 saturated heterocycles. The van der Waals surface area contributed by atoms with Crippen molar-refractivity contribution in [3.63, 3.8) is 0 Å². The predicted octanol–water partition coefficient (Wildman–Crippen LogP) is 2.29. The number of ether oxygens (including phenoxy) is 1. The van der Waals surface area contributed by atoms with Crippen molar-refractivity contribution in [1.82, 2.24) is 5.32 Å². The molecule has 0 heterocycles. The summed E-state index contributed by atoms with van der Waals surface area (Å²) in [6.45, 7) is 12.0. The fourth-order valence-electron chi connectivity index (χ4n) is 1.31. The van der Waals surface area contributed by atoms with E-state index in [0.717, 1.165) is 25.6 Å². The summed E-state index contributed by atoms with van der Waals surface area (Å²) in [5, 5.41) is 3.42. The summed E-state index contributed by atoms with van der Waals surface area (Å²) in [4.78, 5) is 0. The fourth-order valence-corrected chi connectivity index (χ4v) is 1.31. The number of methoxy groups -OCH3 is 1. The quantitative estimate of drug-likeness (QED) is 0.617. The zero-order valence-electron chi connectivity index (χ0n) is 9.81. The molecular formula is C11H25NO. The molecule has 0 aliphatic carbocycles. The first kappa shape index (κ1) is 12.9. The molecule has 1 unspecified atom stereocenters. The van der Waals surface area contributed by atoms with Gasteiger partial charge < -0.3 is 10.1 Å². The Balaban J connectivity index is 3.62. The van der Waals surface area contributed by atoms with E-state index in [0.29, 0.717) is 5.41 Å². The Morgan fingerprint density at radius 2 is 2.00 bits per heavy atom. The number of hydrogen-bond donors (Lipinski definition) is 1. The highest BCUT2D eigenvalue weighted by molar-refractivity contribution is 4.76. The zero-order chi connectivity index (χ0) is 10.3. The van der Waals surface area contributed by atoms with E-state index in [1.807, 2.05) is 0 Å². The van der Waals surface area contributed by atoms with Crippen LogP contribution in [0.5, 0.6) is 0 Å². The lowest BCUT2D eigenvalue weighted by atomic mass is 9.78. The molecule has 2 heteroatoms. The molecule has 0 aliphatic rings. The Hall–Kier alpha value is -0.0800. The summed E-state index contributed by atoms with van der Waals surface area (Å²) >= 11 is 0. The van der Waals surface area contributed by atoms with Crippen LogP contribution >= 0.6 is 0 Å². The van der Waals surface area contributed by atoms with Crippen LogP contribution in [0.1, 0.15) is 34.1 Å². The van der Waals surface area contributed by atoms with Gasteiger partial charge in [0, 0.05) is 20.2 Å². The second-order valence-corrected chi connectivity index (χ2v) is 4.47. The highest BCUT2D eigenvalue weighted by atomic mass is 16.5. The largest absolute Gasteiger partial charge is 0.383 e. The second kappa shape index (κ2) is 6.39. The SMILES string of the molecule is CCC(C)C(C)(C)CNCCOC. The van der Waals surface area contributed by atoms with E-state index in [-0.39, 0.29) is 0 Å². The van der Waals surface area contributed by atoms with Crippen LogP contribution in [0, 0.1) is 11.3 Å². The topological polar surface area (TPSA) is 21.3 Å². The second-order valence-electron chi connectivity index (χ2n) is 4.47. The summed E-state index contributed by atoms with van der Waals surface area (Å²) in [5.41, 5.74) is 0.391. The third-order valence-electron chi connectivity index (χ3n) is 3.01. The average Bonchev–Trinajstić information content (AvgIpc) is 2.11. The van der Waals surface area contributed by atoms with E-state index in [9.17, 15) is 0 Å². The molecule has 0 aromatic carbocycles. The third kappa shape index (κ3) is 5.27. The van der Waals surface area contributed by atoms with E-state index < -0.39 is 0 Å². The molecule has 0 saturated carbocycles. The Labute approximate surface area is 83.1 Å². The molecule has 0 rings (SSSR count). The standard InChI is InChI=1S/C11H25NO/c1-6-10(2)11(3,4)9-12-7-8-13-5/h10,12H,6-9H2,1-5H3. The van der Waals surface area contributed by atoms with Crippen LogP contribution < -0.4 is 5.32 Å². The zero-order valence-corrected chi connectivity index (χ0v) is 9.81. The van der Waals surface area contributed by atoms with E-state index in [1.165, 1.54) is 6.42 Å². The maximum Gasteiger partial charge on any atom is 0.0587 e. The monoisotopic (exact) mass is 187 g/mol. The lowest BCUT2D eigenvalue weighted by Gasteiger charge is -2.31. The molecule has 80 valence electrons. The average molecular weight is 187 g/mol. The molecule has 0 spiro atoms. The van der Waals surface area contributed by atoms with Gasteiger partial charge in [-0.1, -0.05) is 34.1 Å². The molecule has 2 nitrogen and oxygen atoms in total. The van der Waals surface area contributed by atoms with Crippen molar-refractivity contribution in [3.8, 4) is 0 Å². The molecule has 0 fully saturated rings. The van der Waals surface area contributed by atoms with Gasteiger partial charge in [0.15, 0.2) is 0 Å². The Bertz CT molecular complexity index is 123. The van der Waals surface area contributed by atoms with Crippen LogP contribution in [-0.4, -0.2) is 26.8 Å². The van der Waals surface area contributed by atoms with Crippen LogP contribution in [-0.2, 0) is 4.74 Å². The molecule has 1 N–H and O–H groups in total. The van der Waals surface area contributed by atoms with Crippen LogP contribution in [0.2, 0.25) is 0 Å². The van der Waals surface area contributed by atoms with Gasteiger partial charge in [0.05, 0.1) is 6.61 Å². The Morgan fingerprint density at radius 3 is 2.46 bits per heavy atom. The maximum absolute atomic E-state index is 4.98. The summed E-state index contributed by atoms with van der Waals surface area (Å²) in [6, 6.07) is 0. The number of rotatable bonds is 7.